The lowest BCUT2D eigenvalue weighted by molar-refractivity contribution is -0.135. The van der Waals surface area contributed by atoms with Crippen LogP contribution in [-0.2, 0) is 4.79 Å². The summed E-state index contributed by atoms with van der Waals surface area (Å²) in [4.78, 5) is 11.6. The number of unbranched alkanes of at least 4 members (excludes halogenated alkanes) is 1. The first-order valence-corrected chi connectivity index (χ1v) is 6.95. The lowest BCUT2D eigenvalue weighted by atomic mass is 9.90. The Kier molecular flexibility index (Phi) is 6.62. The van der Waals surface area contributed by atoms with Crippen LogP contribution in [0.25, 0.3) is 0 Å². The minimum absolute atomic E-state index is 0.0711. The molecule has 2 unspecified atom stereocenters. The molecule has 0 aromatic carbocycles. The molecule has 112 valence electrons. The maximum absolute atomic E-state index is 11.9. The van der Waals surface area contributed by atoms with Crippen molar-refractivity contribution in [2.75, 3.05) is 13.1 Å². The van der Waals surface area contributed by atoms with Crippen molar-refractivity contribution in [3.05, 3.63) is 0 Å². The Morgan fingerprint density at radius 2 is 2.11 bits per heavy atom. The van der Waals surface area contributed by atoms with Gasteiger partial charge in [-0.05, 0) is 38.1 Å². The lowest BCUT2D eigenvalue weighted by Crippen LogP contribution is -2.43. The molecule has 1 aliphatic heterocycles. The third kappa shape index (κ3) is 7.40. The van der Waals surface area contributed by atoms with Gasteiger partial charge in [0.25, 0.3) is 0 Å². The standard InChI is InChI=1S/C13H23F3N2O/c1-10-5-4-8-17-11(10)9-12(19)18-7-3-2-6-13(14,15)16/h10-11,17H,2-9H2,1H3,(H,18,19). The summed E-state index contributed by atoms with van der Waals surface area (Å²) in [7, 11) is 0. The van der Waals surface area contributed by atoms with Gasteiger partial charge in [-0.25, -0.2) is 0 Å². The number of rotatable bonds is 6. The zero-order valence-corrected chi connectivity index (χ0v) is 11.4. The topological polar surface area (TPSA) is 41.1 Å². The Morgan fingerprint density at radius 3 is 2.74 bits per heavy atom. The highest BCUT2D eigenvalue weighted by Crippen LogP contribution is 2.22. The van der Waals surface area contributed by atoms with Gasteiger partial charge in [-0.2, -0.15) is 13.2 Å². The molecule has 1 fully saturated rings. The molecular weight excluding hydrogens is 257 g/mol. The van der Waals surface area contributed by atoms with E-state index < -0.39 is 12.6 Å². The summed E-state index contributed by atoms with van der Waals surface area (Å²) in [5.41, 5.74) is 0. The highest BCUT2D eigenvalue weighted by Gasteiger charge is 2.26. The maximum atomic E-state index is 11.9. The highest BCUT2D eigenvalue weighted by atomic mass is 19.4. The van der Waals surface area contributed by atoms with Gasteiger partial charge in [-0.3, -0.25) is 4.79 Å². The Labute approximate surface area is 112 Å². The van der Waals surface area contributed by atoms with Gasteiger partial charge in [0, 0.05) is 25.4 Å². The molecule has 0 aromatic heterocycles. The Morgan fingerprint density at radius 1 is 1.37 bits per heavy atom. The minimum atomic E-state index is -4.09. The van der Waals surface area contributed by atoms with Gasteiger partial charge in [-0.1, -0.05) is 6.92 Å². The Hall–Kier alpha value is -0.780. The largest absolute Gasteiger partial charge is 0.389 e. The number of amides is 1. The molecule has 19 heavy (non-hydrogen) atoms. The molecule has 0 saturated carbocycles. The summed E-state index contributed by atoms with van der Waals surface area (Å²) >= 11 is 0. The zero-order valence-electron chi connectivity index (χ0n) is 11.4. The van der Waals surface area contributed by atoms with Crippen LogP contribution in [0.2, 0.25) is 0 Å². The van der Waals surface area contributed by atoms with Crippen LogP contribution in [0, 0.1) is 5.92 Å². The summed E-state index contributed by atoms with van der Waals surface area (Å²) in [6.07, 6.45) is -1.75. The van der Waals surface area contributed by atoms with Crippen molar-refractivity contribution >= 4 is 5.91 Å². The number of carbonyl (C=O) groups is 1. The second-order valence-electron chi connectivity index (χ2n) is 5.31. The van der Waals surface area contributed by atoms with Crippen LogP contribution in [0.15, 0.2) is 0 Å². The van der Waals surface area contributed by atoms with Gasteiger partial charge < -0.3 is 10.6 Å². The van der Waals surface area contributed by atoms with Crippen molar-refractivity contribution in [2.24, 2.45) is 5.92 Å². The number of piperidine rings is 1. The zero-order chi connectivity index (χ0) is 14.3. The first-order valence-electron chi connectivity index (χ1n) is 6.95. The van der Waals surface area contributed by atoms with Crippen LogP contribution in [0.3, 0.4) is 0 Å². The quantitative estimate of drug-likeness (QED) is 0.734. The fraction of sp³-hybridized carbons (Fsp3) is 0.923. The van der Waals surface area contributed by atoms with E-state index in [0.717, 1.165) is 19.4 Å². The molecular formula is C13H23F3N2O. The van der Waals surface area contributed by atoms with Crippen LogP contribution in [0.4, 0.5) is 13.2 Å². The van der Waals surface area contributed by atoms with Crippen LogP contribution >= 0.6 is 0 Å². The fourth-order valence-electron chi connectivity index (χ4n) is 2.34. The molecule has 0 radical (unpaired) electrons. The van der Waals surface area contributed by atoms with Crippen molar-refractivity contribution in [2.45, 2.75) is 57.7 Å². The molecule has 3 nitrogen and oxygen atoms in total. The van der Waals surface area contributed by atoms with Crippen molar-refractivity contribution in [1.29, 1.82) is 0 Å². The maximum Gasteiger partial charge on any atom is 0.389 e. The average molecular weight is 280 g/mol. The van der Waals surface area contributed by atoms with E-state index in [1.54, 1.807) is 0 Å². The fourth-order valence-corrected chi connectivity index (χ4v) is 2.34. The van der Waals surface area contributed by atoms with Gasteiger partial charge in [0.2, 0.25) is 5.91 Å². The number of alkyl halides is 3. The number of halogens is 3. The van der Waals surface area contributed by atoms with Gasteiger partial charge in [-0.15, -0.1) is 0 Å². The van der Waals surface area contributed by atoms with Gasteiger partial charge in [0.15, 0.2) is 0 Å². The Bertz CT molecular complexity index is 282. The molecule has 0 aliphatic carbocycles. The molecule has 1 rings (SSSR count). The number of carbonyl (C=O) groups excluding carboxylic acids is 1. The normalized spacial score (nSPS) is 24.2. The number of hydrogen-bond acceptors (Lipinski definition) is 2. The van der Waals surface area contributed by atoms with Gasteiger partial charge in [0.1, 0.15) is 0 Å². The second kappa shape index (κ2) is 7.72. The van der Waals surface area contributed by atoms with E-state index in [4.69, 9.17) is 0 Å². The monoisotopic (exact) mass is 280 g/mol. The van der Waals surface area contributed by atoms with Crippen LogP contribution in [0.1, 0.15) is 45.4 Å². The predicted octanol–water partition coefficient (Wildman–Crippen LogP) is 2.61. The first kappa shape index (κ1) is 16.3. The highest BCUT2D eigenvalue weighted by molar-refractivity contribution is 5.76. The molecule has 0 spiro atoms. The second-order valence-corrected chi connectivity index (χ2v) is 5.31. The summed E-state index contributed by atoms with van der Waals surface area (Å²) in [6, 6.07) is 0.198. The summed E-state index contributed by atoms with van der Waals surface area (Å²) in [5.74, 6) is 0.406. The minimum Gasteiger partial charge on any atom is -0.356 e. The van der Waals surface area contributed by atoms with Gasteiger partial charge in [0.05, 0.1) is 0 Å². The summed E-state index contributed by atoms with van der Waals surface area (Å²) in [5, 5.41) is 6.00. The van der Waals surface area contributed by atoms with Gasteiger partial charge >= 0.3 is 6.18 Å². The first-order chi connectivity index (χ1) is 8.88. The molecule has 1 heterocycles. The van der Waals surface area contributed by atoms with E-state index in [9.17, 15) is 18.0 Å². The van der Waals surface area contributed by atoms with E-state index >= 15 is 0 Å². The molecule has 1 amide bonds. The molecule has 0 bridgehead atoms. The average Bonchev–Trinajstić information content (AvgIpc) is 2.30. The van der Waals surface area contributed by atoms with Crippen molar-refractivity contribution in [1.82, 2.24) is 10.6 Å². The molecule has 0 aromatic rings. The smallest absolute Gasteiger partial charge is 0.356 e. The third-order valence-corrected chi connectivity index (χ3v) is 3.54. The van der Waals surface area contributed by atoms with Crippen molar-refractivity contribution < 1.29 is 18.0 Å². The van der Waals surface area contributed by atoms with E-state index in [0.29, 0.717) is 25.3 Å². The molecule has 6 heteroatoms. The third-order valence-electron chi connectivity index (χ3n) is 3.54. The summed E-state index contributed by atoms with van der Waals surface area (Å²) in [6.45, 7) is 3.39. The molecule has 2 N–H and O–H groups in total. The molecule has 1 aliphatic rings. The molecule has 2 atom stereocenters. The SMILES string of the molecule is CC1CCCNC1CC(=O)NCCCCC(F)(F)F. The van der Waals surface area contributed by atoms with Crippen LogP contribution in [0.5, 0.6) is 0 Å². The van der Waals surface area contributed by atoms with Crippen LogP contribution in [-0.4, -0.2) is 31.2 Å². The van der Waals surface area contributed by atoms with E-state index in [2.05, 4.69) is 17.6 Å². The Balaban J connectivity index is 2.07. The number of nitrogens with one attached hydrogen (secondary N) is 2. The summed E-state index contributed by atoms with van der Waals surface area (Å²) < 4.78 is 35.7. The van der Waals surface area contributed by atoms with E-state index in [-0.39, 0.29) is 18.4 Å². The van der Waals surface area contributed by atoms with E-state index in [1.165, 1.54) is 0 Å². The van der Waals surface area contributed by atoms with Crippen LogP contribution < -0.4 is 10.6 Å². The molecule has 1 saturated heterocycles. The number of hydrogen-bond donors (Lipinski definition) is 2. The van der Waals surface area contributed by atoms with E-state index in [1.807, 2.05) is 0 Å². The van der Waals surface area contributed by atoms with Crippen molar-refractivity contribution in [3.8, 4) is 0 Å². The van der Waals surface area contributed by atoms with Crippen molar-refractivity contribution in [3.63, 3.8) is 0 Å². The predicted molar refractivity (Wildman–Crippen MR) is 67.7 cm³/mol. The lowest BCUT2D eigenvalue weighted by Gasteiger charge is -2.29.